The van der Waals surface area contributed by atoms with Gasteiger partial charge in [0, 0.05) is 13.6 Å². The Balaban J connectivity index is 2.34. The monoisotopic (exact) mass is 314 g/mol. The molecule has 1 aliphatic heterocycles. The number of likely N-dealkylation sites (N-methyl/N-ethyl adjacent to an activating group) is 1. The van der Waals surface area contributed by atoms with Crippen molar-refractivity contribution in [1.82, 2.24) is 9.80 Å². The maximum atomic E-state index is 2.61. The van der Waals surface area contributed by atoms with E-state index < -0.39 is 0 Å². The molecule has 2 unspecified atom stereocenters. The van der Waals surface area contributed by atoms with Gasteiger partial charge in [0.25, 0.3) is 0 Å². The highest BCUT2D eigenvalue weighted by Gasteiger charge is 2.38. The van der Waals surface area contributed by atoms with Crippen molar-refractivity contribution >= 4 is 0 Å². The summed E-state index contributed by atoms with van der Waals surface area (Å²) in [6.07, 6.45) is 14.1. The molecule has 2 heteroatoms. The molecule has 0 radical (unpaired) electrons. The molecule has 1 saturated heterocycles. The quantitative estimate of drug-likeness (QED) is 0.695. The van der Waals surface area contributed by atoms with Crippen LogP contribution in [0.2, 0.25) is 0 Å². The molecule has 1 fully saturated rings. The lowest BCUT2D eigenvalue weighted by Gasteiger charge is -2.36. The fourth-order valence-corrected chi connectivity index (χ4v) is 3.70. The van der Waals surface area contributed by atoms with Crippen LogP contribution in [0.3, 0.4) is 0 Å². The zero-order valence-electron chi connectivity index (χ0n) is 16.1. The molecular formula is C21H34N2. The van der Waals surface area contributed by atoms with Crippen molar-refractivity contribution in [1.29, 1.82) is 0 Å². The zero-order valence-corrected chi connectivity index (χ0v) is 16.1. The Hall–Kier alpha value is -1.44. The Kier molecular flexibility index (Phi) is 5.44. The fourth-order valence-electron chi connectivity index (χ4n) is 3.70. The summed E-state index contributed by atoms with van der Waals surface area (Å²) in [6.45, 7) is 14.7. The van der Waals surface area contributed by atoms with E-state index in [-0.39, 0.29) is 0 Å². The van der Waals surface area contributed by atoms with Crippen LogP contribution in [0.15, 0.2) is 47.3 Å². The predicted molar refractivity (Wildman–Crippen MR) is 101 cm³/mol. The van der Waals surface area contributed by atoms with Gasteiger partial charge in [-0.2, -0.15) is 0 Å². The average molecular weight is 315 g/mol. The van der Waals surface area contributed by atoms with Crippen LogP contribution in [-0.2, 0) is 0 Å². The zero-order chi connectivity index (χ0) is 17.2. The molecule has 0 bridgehead atoms. The van der Waals surface area contributed by atoms with Crippen LogP contribution in [0.5, 0.6) is 0 Å². The molecule has 1 aliphatic carbocycles. The first-order valence-electron chi connectivity index (χ1n) is 8.96. The fraction of sp³-hybridized carbons (Fsp3) is 0.619. The van der Waals surface area contributed by atoms with Gasteiger partial charge in [0.05, 0.1) is 11.4 Å². The van der Waals surface area contributed by atoms with E-state index in [9.17, 15) is 0 Å². The molecule has 2 nitrogen and oxygen atoms in total. The van der Waals surface area contributed by atoms with E-state index in [4.69, 9.17) is 0 Å². The summed E-state index contributed by atoms with van der Waals surface area (Å²) >= 11 is 0. The van der Waals surface area contributed by atoms with E-state index in [1.165, 1.54) is 17.8 Å². The molecule has 0 spiro atoms. The van der Waals surface area contributed by atoms with E-state index in [1.54, 1.807) is 5.57 Å². The van der Waals surface area contributed by atoms with Gasteiger partial charge in [-0.25, -0.2) is 0 Å². The highest BCUT2D eigenvalue weighted by molar-refractivity contribution is 5.35. The van der Waals surface area contributed by atoms with Crippen LogP contribution in [0.4, 0.5) is 0 Å². The van der Waals surface area contributed by atoms with Crippen LogP contribution < -0.4 is 0 Å². The summed E-state index contributed by atoms with van der Waals surface area (Å²) in [5, 5.41) is 0. The van der Waals surface area contributed by atoms with Crippen molar-refractivity contribution in [2.24, 2.45) is 11.3 Å². The SMILES string of the molecule is C/C=C1\C(=C/C)N(CC2=CC=CCC2C)C(CC(C)(C)C)N1C. The maximum absolute atomic E-state index is 2.61. The third-order valence-corrected chi connectivity index (χ3v) is 5.02. The first-order valence-corrected chi connectivity index (χ1v) is 8.96. The van der Waals surface area contributed by atoms with Gasteiger partial charge in [-0.1, -0.05) is 58.1 Å². The first kappa shape index (κ1) is 17.9. The highest BCUT2D eigenvalue weighted by Crippen LogP contribution is 2.39. The van der Waals surface area contributed by atoms with Crippen LogP contribution in [0.25, 0.3) is 0 Å². The van der Waals surface area contributed by atoms with Gasteiger partial charge >= 0.3 is 0 Å². The second kappa shape index (κ2) is 6.98. The molecule has 0 amide bonds. The van der Waals surface area contributed by atoms with E-state index in [2.05, 4.69) is 88.8 Å². The van der Waals surface area contributed by atoms with Crippen molar-refractivity contribution in [3.8, 4) is 0 Å². The largest absolute Gasteiger partial charge is 0.353 e. The summed E-state index contributed by atoms with van der Waals surface area (Å²) in [6, 6.07) is 0. The molecule has 0 aromatic heterocycles. The molecular weight excluding hydrogens is 280 g/mol. The van der Waals surface area contributed by atoms with Gasteiger partial charge in [-0.15, -0.1) is 0 Å². The van der Waals surface area contributed by atoms with Crippen molar-refractivity contribution in [2.45, 2.75) is 60.5 Å². The third kappa shape index (κ3) is 3.91. The summed E-state index contributed by atoms with van der Waals surface area (Å²) in [7, 11) is 2.24. The molecule has 0 N–H and O–H groups in total. The lowest BCUT2D eigenvalue weighted by atomic mass is 9.89. The van der Waals surface area contributed by atoms with E-state index in [0.29, 0.717) is 17.5 Å². The van der Waals surface area contributed by atoms with Gasteiger partial charge in [-0.3, -0.25) is 0 Å². The van der Waals surface area contributed by atoms with Crippen molar-refractivity contribution < 1.29 is 0 Å². The van der Waals surface area contributed by atoms with E-state index in [0.717, 1.165) is 13.0 Å². The molecule has 0 aromatic carbocycles. The number of hydrogen-bond acceptors (Lipinski definition) is 2. The Morgan fingerprint density at radius 1 is 1.17 bits per heavy atom. The van der Waals surface area contributed by atoms with Crippen molar-refractivity contribution in [3.05, 3.63) is 47.3 Å². The predicted octanol–water partition coefficient (Wildman–Crippen LogP) is 5.33. The third-order valence-electron chi connectivity index (χ3n) is 5.02. The number of nitrogens with zero attached hydrogens (tertiary/aromatic N) is 2. The van der Waals surface area contributed by atoms with Gasteiger partial charge in [0.1, 0.15) is 6.17 Å². The standard InChI is InChI=1S/C21H34N2/c1-8-18-19(9-2)23(15-17-13-11-10-12-16(17)3)20(22(18)7)14-21(4,5)6/h8-11,13,16,20H,12,14-15H2,1-7H3/b18-8+,19-9+. The first-order chi connectivity index (χ1) is 10.8. The Labute approximate surface area is 143 Å². The minimum Gasteiger partial charge on any atom is -0.353 e. The molecule has 23 heavy (non-hydrogen) atoms. The Morgan fingerprint density at radius 3 is 2.35 bits per heavy atom. The average Bonchev–Trinajstić information content (AvgIpc) is 2.72. The summed E-state index contributed by atoms with van der Waals surface area (Å²) in [4.78, 5) is 5.08. The molecule has 0 saturated carbocycles. The Bertz CT molecular complexity index is 543. The van der Waals surface area contributed by atoms with Gasteiger partial charge in [0.15, 0.2) is 0 Å². The smallest absolute Gasteiger partial charge is 0.102 e. The molecule has 128 valence electrons. The van der Waals surface area contributed by atoms with Crippen LogP contribution >= 0.6 is 0 Å². The second-order valence-corrected chi connectivity index (χ2v) is 8.14. The number of allylic oxidation sites excluding steroid dienone is 5. The van der Waals surface area contributed by atoms with Gasteiger partial charge < -0.3 is 9.80 Å². The summed E-state index contributed by atoms with van der Waals surface area (Å²) < 4.78 is 0. The Morgan fingerprint density at radius 2 is 1.83 bits per heavy atom. The molecule has 2 rings (SSSR count). The minimum atomic E-state index is 0.311. The van der Waals surface area contributed by atoms with Gasteiger partial charge in [-0.05, 0) is 43.6 Å². The topological polar surface area (TPSA) is 6.48 Å². The van der Waals surface area contributed by atoms with Crippen LogP contribution in [-0.4, -0.2) is 29.6 Å². The minimum absolute atomic E-state index is 0.311. The molecule has 2 atom stereocenters. The lowest BCUT2D eigenvalue weighted by Crippen LogP contribution is -2.40. The second-order valence-electron chi connectivity index (χ2n) is 8.14. The molecule has 2 aliphatic rings. The summed E-state index contributed by atoms with van der Waals surface area (Å²) in [5.41, 5.74) is 4.61. The number of hydrogen-bond donors (Lipinski definition) is 0. The lowest BCUT2D eigenvalue weighted by molar-refractivity contribution is 0.130. The molecule has 0 aromatic rings. The van der Waals surface area contributed by atoms with Crippen molar-refractivity contribution in [2.75, 3.05) is 13.6 Å². The summed E-state index contributed by atoms with van der Waals surface area (Å²) in [5.74, 6) is 0.647. The van der Waals surface area contributed by atoms with Crippen molar-refractivity contribution in [3.63, 3.8) is 0 Å². The van der Waals surface area contributed by atoms with Gasteiger partial charge in [0.2, 0.25) is 0 Å². The maximum Gasteiger partial charge on any atom is 0.102 e. The highest BCUT2D eigenvalue weighted by atomic mass is 15.4. The normalized spacial score (nSPS) is 28.9. The molecule has 1 heterocycles. The number of rotatable bonds is 3. The van der Waals surface area contributed by atoms with E-state index >= 15 is 0 Å². The van der Waals surface area contributed by atoms with Crippen LogP contribution in [0, 0.1) is 11.3 Å². The van der Waals surface area contributed by atoms with E-state index in [1.807, 2.05) is 0 Å². The van der Waals surface area contributed by atoms with Crippen LogP contribution in [0.1, 0.15) is 54.4 Å².